The predicted molar refractivity (Wildman–Crippen MR) is 80.9 cm³/mol. The molecular formula is C18H23NO2. The zero-order valence-electron chi connectivity index (χ0n) is 12.4. The molecule has 1 aromatic rings. The lowest BCUT2D eigenvalue weighted by molar-refractivity contribution is -0.132. The van der Waals surface area contributed by atoms with Gasteiger partial charge in [-0.1, -0.05) is 24.3 Å². The van der Waals surface area contributed by atoms with E-state index in [9.17, 15) is 4.79 Å². The van der Waals surface area contributed by atoms with Crippen LogP contribution in [0.25, 0.3) is 0 Å². The molecule has 1 saturated heterocycles. The van der Waals surface area contributed by atoms with Gasteiger partial charge in [0, 0.05) is 25.6 Å². The first-order chi connectivity index (χ1) is 10.3. The lowest BCUT2D eigenvalue weighted by atomic mass is 9.92. The maximum atomic E-state index is 12.8. The molecule has 3 nitrogen and oxygen atoms in total. The van der Waals surface area contributed by atoms with Gasteiger partial charge >= 0.3 is 0 Å². The molecule has 4 unspecified atom stereocenters. The number of rotatable bonds is 3. The second-order valence-electron chi connectivity index (χ2n) is 6.90. The number of benzene rings is 1. The fourth-order valence-corrected chi connectivity index (χ4v) is 4.56. The van der Waals surface area contributed by atoms with Gasteiger partial charge in [0.05, 0.1) is 0 Å². The average molecular weight is 285 g/mol. The molecule has 2 aliphatic carbocycles. The standard InChI is InChI=1S/C18H23NO2/c20-10-8-12-7-9-19(11-12)18(21)17-15-6-5-13-3-1-2-4-14(13)16(15)17/h1-4,12,15-17,20H,5-11H2. The summed E-state index contributed by atoms with van der Waals surface area (Å²) in [5.74, 6) is 2.19. The number of aliphatic hydroxyl groups excluding tert-OH is 1. The van der Waals surface area contributed by atoms with Crippen LogP contribution >= 0.6 is 0 Å². The summed E-state index contributed by atoms with van der Waals surface area (Å²) >= 11 is 0. The summed E-state index contributed by atoms with van der Waals surface area (Å²) < 4.78 is 0. The van der Waals surface area contributed by atoms with Crippen LogP contribution in [0.15, 0.2) is 24.3 Å². The number of hydrogen-bond donors (Lipinski definition) is 1. The Hall–Kier alpha value is -1.35. The third kappa shape index (κ3) is 2.18. The summed E-state index contributed by atoms with van der Waals surface area (Å²) in [6, 6.07) is 8.66. The van der Waals surface area contributed by atoms with Gasteiger partial charge in [0.15, 0.2) is 0 Å². The normalized spacial score (nSPS) is 33.5. The predicted octanol–water partition coefficient (Wildman–Crippen LogP) is 2.19. The van der Waals surface area contributed by atoms with Crippen molar-refractivity contribution < 1.29 is 9.90 Å². The summed E-state index contributed by atoms with van der Waals surface area (Å²) in [5, 5.41) is 9.05. The molecule has 21 heavy (non-hydrogen) atoms. The van der Waals surface area contributed by atoms with Gasteiger partial charge in [0.1, 0.15) is 0 Å². The maximum absolute atomic E-state index is 12.8. The number of aliphatic hydroxyl groups is 1. The Morgan fingerprint density at radius 3 is 3.00 bits per heavy atom. The average Bonchev–Trinajstić information content (AvgIpc) is 3.08. The summed E-state index contributed by atoms with van der Waals surface area (Å²) in [7, 11) is 0. The highest BCUT2D eigenvalue weighted by Gasteiger charge is 2.58. The number of hydrogen-bond acceptors (Lipinski definition) is 2. The van der Waals surface area contributed by atoms with Crippen molar-refractivity contribution >= 4 is 5.91 Å². The summed E-state index contributed by atoms with van der Waals surface area (Å²) in [6.07, 6.45) is 4.20. The van der Waals surface area contributed by atoms with Crippen LogP contribution in [0.2, 0.25) is 0 Å². The SMILES string of the molecule is O=C(C1C2CCc3ccccc3C21)N1CCC(CCO)C1. The number of likely N-dealkylation sites (tertiary alicyclic amines) is 1. The molecule has 1 aliphatic heterocycles. The summed E-state index contributed by atoms with van der Waals surface area (Å²) in [4.78, 5) is 14.9. The number of fused-ring (bicyclic) bond motifs is 3. The molecule has 1 N–H and O–H groups in total. The zero-order chi connectivity index (χ0) is 14.4. The minimum Gasteiger partial charge on any atom is -0.396 e. The van der Waals surface area contributed by atoms with Crippen molar-refractivity contribution in [3.63, 3.8) is 0 Å². The summed E-state index contributed by atoms with van der Waals surface area (Å²) in [5.41, 5.74) is 2.88. The molecule has 1 aromatic carbocycles. The monoisotopic (exact) mass is 285 g/mol. The minimum atomic E-state index is 0.238. The van der Waals surface area contributed by atoms with Crippen LogP contribution in [0.5, 0.6) is 0 Å². The number of aryl methyl sites for hydroxylation is 1. The molecule has 3 heteroatoms. The number of nitrogens with zero attached hydrogens (tertiary/aromatic N) is 1. The molecule has 112 valence electrons. The van der Waals surface area contributed by atoms with E-state index in [0.717, 1.165) is 32.4 Å². The van der Waals surface area contributed by atoms with E-state index in [2.05, 4.69) is 29.2 Å². The van der Waals surface area contributed by atoms with Crippen LogP contribution in [0, 0.1) is 17.8 Å². The van der Waals surface area contributed by atoms with Crippen molar-refractivity contribution in [1.82, 2.24) is 4.90 Å². The molecular weight excluding hydrogens is 262 g/mol. The van der Waals surface area contributed by atoms with Crippen LogP contribution < -0.4 is 0 Å². The summed E-state index contributed by atoms with van der Waals surface area (Å²) in [6.45, 7) is 1.99. The highest BCUT2D eigenvalue weighted by Crippen LogP contribution is 2.60. The third-order valence-corrected chi connectivity index (χ3v) is 5.75. The van der Waals surface area contributed by atoms with Crippen LogP contribution in [0.1, 0.15) is 36.3 Å². The molecule has 1 heterocycles. The topological polar surface area (TPSA) is 40.5 Å². The van der Waals surface area contributed by atoms with Crippen LogP contribution in [-0.2, 0) is 11.2 Å². The highest BCUT2D eigenvalue weighted by molar-refractivity contribution is 5.84. The maximum Gasteiger partial charge on any atom is 0.226 e. The van der Waals surface area contributed by atoms with Crippen LogP contribution in [-0.4, -0.2) is 35.6 Å². The van der Waals surface area contributed by atoms with E-state index in [-0.39, 0.29) is 12.5 Å². The Kier molecular flexibility index (Phi) is 3.26. The van der Waals surface area contributed by atoms with Gasteiger partial charge in [-0.3, -0.25) is 4.79 Å². The lowest BCUT2D eigenvalue weighted by Crippen LogP contribution is -2.31. The van der Waals surface area contributed by atoms with Gasteiger partial charge in [0.25, 0.3) is 0 Å². The van der Waals surface area contributed by atoms with E-state index in [1.807, 2.05) is 0 Å². The van der Waals surface area contributed by atoms with Gasteiger partial charge in [0.2, 0.25) is 5.91 Å². The lowest BCUT2D eigenvalue weighted by Gasteiger charge is -2.16. The second kappa shape index (κ2) is 5.13. The van der Waals surface area contributed by atoms with Crippen molar-refractivity contribution in [3.8, 4) is 0 Å². The fourth-order valence-electron chi connectivity index (χ4n) is 4.56. The Morgan fingerprint density at radius 1 is 1.29 bits per heavy atom. The minimum absolute atomic E-state index is 0.238. The Balaban J connectivity index is 1.46. The first-order valence-electron chi connectivity index (χ1n) is 8.27. The fraction of sp³-hybridized carbons (Fsp3) is 0.611. The van der Waals surface area contributed by atoms with Crippen molar-refractivity contribution in [3.05, 3.63) is 35.4 Å². The van der Waals surface area contributed by atoms with E-state index in [1.54, 1.807) is 0 Å². The quantitative estimate of drug-likeness (QED) is 0.925. The highest BCUT2D eigenvalue weighted by atomic mass is 16.3. The van der Waals surface area contributed by atoms with Crippen molar-refractivity contribution in [1.29, 1.82) is 0 Å². The largest absolute Gasteiger partial charge is 0.396 e. The molecule has 1 amide bonds. The number of carbonyl (C=O) groups excluding carboxylic acids is 1. The smallest absolute Gasteiger partial charge is 0.226 e. The molecule has 0 bridgehead atoms. The molecule has 0 radical (unpaired) electrons. The Morgan fingerprint density at radius 2 is 2.14 bits per heavy atom. The first kappa shape index (κ1) is 13.3. The zero-order valence-corrected chi connectivity index (χ0v) is 12.4. The van der Waals surface area contributed by atoms with Gasteiger partial charge in [-0.2, -0.15) is 0 Å². The van der Waals surface area contributed by atoms with Gasteiger partial charge in [-0.25, -0.2) is 0 Å². The van der Waals surface area contributed by atoms with E-state index < -0.39 is 0 Å². The molecule has 4 atom stereocenters. The van der Waals surface area contributed by atoms with Gasteiger partial charge in [-0.15, -0.1) is 0 Å². The van der Waals surface area contributed by atoms with Gasteiger partial charge in [-0.05, 0) is 54.6 Å². The first-order valence-corrected chi connectivity index (χ1v) is 8.27. The van der Waals surface area contributed by atoms with E-state index in [1.165, 1.54) is 17.5 Å². The van der Waals surface area contributed by atoms with E-state index in [0.29, 0.717) is 23.7 Å². The molecule has 0 aromatic heterocycles. The van der Waals surface area contributed by atoms with E-state index in [4.69, 9.17) is 5.11 Å². The molecule has 2 fully saturated rings. The van der Waals surface area contributed by atoms with Crippen molar-refractivity contribution in [2.75, 3.05) is 19.7 Å². The van der Waals surface area contributed by atoms with Gasteiger partial charge < -0.3 is 10.0 Å². The van der Waals surface area contributed by atoms with Crippen molar-refractivity contribution in [2.45, 2.75) is 31.6 Å². The Bertz CT molecular complexity index is 556. The number of amides is 1. The molecule has 1 saturated carbocycles. The van der Waals surface area contributed by atoms with Crippen LogP contribution in [0.3, 0.4) is 0 Å². The van der Waals surface area contributed by atoms with E-state index >= 15 is 0 Å². The van der Waals surface area contributed by atoms with Crippen molar-refractivity contribution in [2.24, 2.45) is 17.8 Å². The number of carbonyl (C=O) groups is 1. The Labute approximate surface area is 126 Å². The van der Waals surface area contributed by atoms with Crippen LogP contribution in [0.4, 0.5) is 0 Å². The molecule has 3 aliphatic rings. The molecule has 0 spiro atoms. The molecule has 4 rings (SSSR count). The second-order valence-corrected chi connectivity index (χ2v) is 6.90. The third-order valence-electron chi connectivity index (χ3n) is 5.75.